The molecule has 2 N–H and O–H groups in total. The molecule has 6 nitrogen and oxygen atoms in total. The first-order valence-electron chi connectivity index (χ1n) is 7.69. The van der Waals surface area contributed by atoms with Gasteiger partial charge in [0.15, 0.2) is 0 Å². The van der Waals surface area contributed by atoms with Crippen LogP contribution in [-0.2, 0) is 4.74 Å². The Labute approximate surface area is 137 Å². The molecular formula is C17H24N4O2. The van der Waals surface area contributed by atoms with Crippen molar-refractivity contribution in [3.05, 3.63) is 36.2 Å². The van der Waals surface area contributed by atoms with E-state index in [2.05, 4.69) is 20.6 Å². The molecule has 124 valence electrons. The molecule has 0 unspecified atom stereocenters. The molecule has 0 bridgehead atoms. The van der Waals surface area contributed by atoms with Crippen molar-refractivity contribution in [2.24, 2.45) is 0 Å². The highest BCUT2D eigenvalue weighted by Crippen LogP contribution is 2.28. The number of nitrogens with zero attached hydrogens (tertiary/aromatic N) is 2. The zero-order chi connectivity index (χ0) is 16.7. The highest BCUT2D eigenvalue weighted by Gasteiger charge is 2.07. The van der Waals surface area contributed by atoms with E-state index in [-0.39, 0.29) is 6.10 Å². The third-order valence-corrected chi connectivity index (χ3v) is 2.96. The number of nitrogens with one attached hydrogen (secondary N) is 2. The molecule has 0 aliphatic heterocycles. The summed E-state index contributed by atoms with van der Waals surface area (Å²) < 4.78 is 10.9. The largest absolute Gasteiger partial charge is 0.489 e. The minimum atomic E-state index is 0.108. The van der Waals surface area contributed by atoms with Gasteiger partial charge in [0.1, 0.15) is 23.2 Å². The predicted molar refractivity (Wildman–Crippen MR) is 92.6 cm³/mol. The molecule has 0 aliphatic rings. The lowest BCUT2D eigenvalue weighted by Gasteiger charge is -2.15. The number of hydrogen-bond acceptors (Lipinski definition) is 6. The molecule has 1 heterocycles. The Balaban J connectivity index is 2.16. The Bertz CT molecular complexity index is 632. The number of benzene rings is 1. The van der Waals surface area contributed by atoms with Gasteiger partial charge < -0.3 is 20.1 Å². The van der Waals surface area contributed by atoms with Gasteiger partial charge in [0.05, 0.1) is 18.4 Å². The maximum atomic E-state index is 5.82. The molecule has 1 aromatic carbocycles. The normalized spacial score (nSPS) is 10.7. The average molecular weight is 316 g/mol. The first-order valence-corrected chi connectivity index (χ1v) is 7.69. The van der Waals surface area contributed by atoms with Crippen molar-refractivity contribution in [3.63, 3.8) is 0 Å². The average Bonchev–Trinajstić information content (AvgIpc) is 2.48. The molecule has 0 atom stereocenters. The summed E-state index contributed by atoms with van der Waals surface area (Å²) in [4.78, 5) is 8.80. The Hall–Kier alpha value is -2.34. The molecule has 1 aromatic heterocycles. The van der Waals surface area contributed by atoms with Gasteiger partial charge in [-0.05, 0) is 32.9 Å². The van der Waals surface area contributed by atoms with E-state index in [0.29, 0.717) is 19.0 Å². The summed E-state index contributed by atoms with van der Waals surface area (Å²) in [7, 11) is 1.67. The number of para-hydroxylation sites is 2. The fraction of sp³-hybridized carbons (Fsp3) is 0.412. The van der Waals surface area contributed by atoms with Gasteiger partial charge in [-0.3, -0.25) is 0 Å². The van der Waals surface area contributed by atoms with Crippen molar-refractivity contribution in [3.8, 4) is 5.75 Å². The van der Waals surface area contributed by atoms with Crippen LogP contribution in [0.2, 0.25) is 0 Å². The molecule has 2 rings (SSSR count). The Morgan fingerprint density at radius 3 is 2.61 bits per heavy atom. The third kappa shape index (κ3) is 5.41. The second-order valence-electron chi connectivity index (χ2n) is 5.39. The zero-order valence-corrected chi connectivity index (χ0v) is 14.1. The van der Waals surface area contributed by atoms with Crippen LogP contribution in [0.1, 0.15) is 19.7 Å². The van der Waals surface area contributed by atoms with Crippen LogP contribution in [0.5, 0.6) is 5.75 Å². The number of aryl methyl sites for hydroxylation is 1. The van der Waals surface area contributed by atoms with Crippen molar-refractivity contribution >= 4 is 17.3 Å². The molecule has 0 amide bonds. The number of rotatable bonds is 8. The Morgan fingerprint density at radius 2 is 1.87 bits per heavy atom. The quantitative estimate of drug-likeness (QED) is 0.728. The smallest absolute Gasteiger partial charge is 0.143 e. The fourth-order valence-corrected chi connectivity index (χ4v) is 2.07. The number of ether oxygens (including phenoxy) is 2. The first-order chi connectivity index (χ1) is 11.1. The molecule has 0 spiro atoms. The highest BCUT2D eigenvalue weighted by atomic mass is 16.5. The summed E-state index contributed by atoms with van der Waals surface area (Å²) in [5.74, 6) is 2.97. The number of hydrogen-bond donors (Lipinski definition) is 2. The SMILES string of the molecule is COCCNc1cc(Nc2ccccc2OC(C)C)nc(C)n1. The van der Waals surface area contributed by atoms with Crippen LogP contribution >= 0.6 is 0 Å². The van der Waals surface area contributed by atoms with Gasteiger partial charge in [0.25, 0.3) is 0 Å². The second-order valence-corrected chi connectivity index (χ2v) is 5.39. The summed E-state index contributed by atoms with van der Waals surface area (Å²) in [6, 6.07) is 9.68. The standard InChI is InChI=1S/C17H24N4O2/c1-12(2)23-15-8-6-5-7-14(15)21-17-11-16(18-9-10-22-4)19-13(3)20-17/h5-8,11-12H,9-10H2,1-4H3,(H2,18,19,20,21). The lowest BCUT2D eigenvalue weighted by atomic mass is 10.3. The molecule has 0 aliphatic carbocycles. The molecule has 6 heteroatoms. The first kappa shape index (κ1) is 17.0. The van der Waals surface area contributed by atoms with Crippen LogP contribution in [0.25, 0.3) is 0 Å². The molecule has 23 heavy (non-hydrogen) atoms. The summed E-state index contributed by atoms with van der Waals surface area (Å²) in [6.07, 6.45) is 0.108. The summed E-state index contributed by atoms with van der Waals surface area (Å²) >= 11 is 0. The van der Waals surface area contributed by atoms with Gasteiger partial charge in [-0.15, -0.1) is 0 Å². The maximum Gasteiger partial charge on any atom is 0.143 e. The van der Waals surface area contributed by atoms with Crippen LogP contribution in [0.4, 0.5) is 17.3 Å². The van der Waals surface area contributed by atoms with Crippen molar-refractivity contribution < 1.29 is 9.47 Å². The van der Waals surface area contributed by atoms with E-state index in [1.807, 2.05) is 51.1 Å². The van der Waals surface area contributed by atoms with E-state index in [9.17, 15) is 0 Å². The van der Waals surface area contributed by atoms with Gasteiger partial charge in [-0.1, -0.05) is 12.1 Å². The summed E-state index contributed by atoms with van der Waals surface area (Å²) in [6.45, 7) is 7.19. The van der Waals surface area contributed by atoms with Gasteiger partial charge in [-0.2, -0.15) is 0 Å². The van der Waals surface area contributed by atoms with Gasteiger partial charge in [0.2, 0.25) is 0 Å². The van der Waals surface area contributed by atoms with Crippen molar-refractivity contribution in [2.45, 2.75) is 26.9 Å². The van der Waals surface area contributed by atoms with Gasteiger partial charge in [0, 0.05) is 19.7 Å². The number of methoxy groups -OCH3 is 1. The minimum Gasteiger partial charge on any atom is -0.489 e. The van der Waals surface area contributed by atoms with E-state index in [1.165, 1.54) is 0 Å². The molecule has 2 aromatic rings. The van der Waals surface area contributed by atoms with E-state index in [0.717, 1.165) is 23.1 Å². The summed E-state index contributed by atoms with van der Waals surface area (Å²) in [5, 5.41) is 6.51. The van der Waals surface area contributed by atoms with Crippen molar-refractivity contribution in [2.75, 3.05) is 30.9 Å². The second kappa shape index (κ2) is 8.33. The van der Waals surface area contributed by atoms with Gasteiger partial charge in [-0.25, -0.2) is 9.97 Å². The van der Waals surface area contributed by atoms with Crippen LogP contribution < -0.4 is 15.4 Å². The van der Waals surface area contributed by atoms with Crippen LogP contribution in [0, 0.1) is 6.92 Å². The number of aromatic nitrogens is 2. The molecule has 0 saturated heterocycles. The topological polar surface area (TPSA) is 68.3 Å². The van der Waals surface area contributed by atoms with Crippen molar-refractivity contribution in [1.82, 2.24) is 9.97 Å². The third-order valence-electron chi connectivity index (χ3n) is 2.96. The highest BCUT2D eigenvalue weighted by molar-refractivity contribution is 5.65. The molecular weight excluding hydrogens is 292 g/mol. The Kier molecular flexibility index (Phi) is 6.17. The monoisotopic (exact) mass is 316 g/mol. The van der Waals surface area contributed by atoms with Crippen LogP contribution in [-0.4, -0.2) is 36.3 Å². The number of anilines is 3. The lowest BCUT2D eigenvalue weighted by Crippen LogP contribution is -2.11. The van der Waals surface area contributed by atoms with E-state index >= 15 is 0 Å². The Morgan fingerprint density at radius 1 is 1.13 bits per heavy atom. The molecule has 0 fully saturated rings. The van der Waals surface area contributed by atoms with Crippen LogP contribution in [0.3, 0.4) is 0 Å². The van der Waals surface area contributed by atoms with Gasteiger partial charge >= 0.3 is 0 Å². The minimum absolute atomic E-state index is 0.108. The van der Waals surface area contributed by atoms with E-state index < -0.39 is 0 Å². The van der Waals surface area contributed by atoms with Crippen LogP contribution in [0.15, 0.2) is 30.3 Å². The fourth-order valence-electron chi connectivity index (χ4n) is 2.07. The lowest BCUT2D eigenvalue weighted by molar-refractivity contribution is 0.210. The summed E-state index contributed by atoms with van der Waals surface area (Å²) in [5.41, 5.74) is 0.877. The predicted octanol–water partition coefficient (Wildman–Crippen LogP) is 3.37. The van der Waals surface area contributed by atoms with Crippen molar-refractivity contribution in [1.29, 1.82) is 0 Å². The molecule has 0 radical (unpaired) electrons. The van der Waals surface area contributed by atoms with E-state index in [4.69, 9.17) is 9.47 Å². The van der Waals surface area contributed by atoms with E-state index in [1.54, 1.807) is 7.11 Å². The molecule has 0 saturated carbocycles. The zero-order valence-electron chi connectivity index (χ0n) is 14.1. The maximum absolute atomic E-state index is 5.82.